The van der Waals surface area contributed by atoms with Crippen LogP contribution in [0.5, 0.6) is 5.88 Å². The highest BCUT2D eigenvalue weighted by Crippen LogP contribution is 2.19. The summed E-state index contributed by atoms with van der Waals surface area (Å²) in [5.74, 6) is 1.17. The molecular weight excluding hydrogens is 394 g/mol. The minimum Gasteiger partial charge on any atom is -0.472 e. The standard InChI is InChI=1S/C16H22BrN3O3S/c1-11(21)19-14(6-8-24-2)16(22)20-7-5-13(10-20)23-15-4-3-12(17)9-18-15/h3-4,9,13-14H,5-8,10H2,1-2H3,(H,19,21). The molecule has 1 aromatic heterocycles. The van der Waals surface area contributed by atoms with Crippen LogP contribution in [0.15, 0.2) is 22.8 Å². The minimum atomic E-state index is -0.459. The van der Waals surface area contributed by atoms with Crippen molar-refractivity contribution in [2.45, 2.75) is 31.9 Å². The van der Waals surface area contributed by atoms with Gasteiger partial charge in [-0.15, -0.1) is 0 Å². The van der Waals surface area contributed by atoms with Crippen molar-refractivity contribution in [1.82, 2.24) is 15.2 Å². The quantitative estimate of drug-likeness (QED) is 0.737. The van der Waals surface area contributed by atoms with Crippen LogP contribution in [0.1, 0.15) is 19.8 Å². The number of carbonyl (C=O) groups excluding carboxylic acids is 2. The molecule has 24 heavy (non-hydrogen) atoms. The number of nitrogens with one attached hydrogen (secondary N) is 1. The molecule has 0 saturated carbocycles. The highest BCUT2D eigenvalue weighted by molar-refractivity contribution is 9.10. The van der Waals surface area contributed by atoms with Crippen molar-refractivity contribution in [3.63, 3.8) is 0 Å². The van der Waals surface area contributed by atoms with Crippen molar-refractivity contribution in [1.29, 1.82) is 0 Å². The van der Waals surface area contributed by atoms with Gasteiger partial charge in [0.05, 0.1) is 6.54 Å². The van der Waals surface area contributed by atoms with Crippen LogP contribution in [0.4, 0.5) is 0 Å². The SMILES string of the molecule is CSCCC(NC(C)=O)C(=O)N1CCC(Oc2ccc(Br)cn2)C1. The van der Waals surface area contributed by atoms with Gasteiger partial charge >= 0.3 is 0 Å². The number of pyridine rings is 1. The molecule has 2 rings (SSSR count). The van der Waals surface area contributed by atoms with E-state index in [1.54, 1.807) is 28.9 Å². The van der Waals surface area contributed by atoms with Crippen LogP contribution in [0.2, 0.25) is 0 Å². The van der Waals surface area contributed by atoms with Crippen molar-refractivity contribution in [2.24, 2.45) is 0 Å². The Morgan fingerprint density at radius 2 is 2.33 bits per heavy atom. The molecule has 2 amide bonds. The fraction of sp³-hybridized carbons (Fsp3) is 0.562. The zero-order valence-electron chi connectivity index (χ0n) is 13.8. The molecule has 0 aromatic carbocycles. The Labute approximate surface area is 154 Å². The number of rotatable bonds is 7. The zero-order valence-corrected chi connectivity index (χ0v) is 16.2. The van der Waals surface area contributed by atoms with Crippen LogP contribution in [0.3, 0.4) is 0 Å². The molecule has 1 aromatic rings. The molecule has 2 atom stereocenters. The summed E-state index contributed by atoms with van der Waals surface area (Å²) >= 11 is 5.00. The van der Waals surface area contributed by atoms with Crippen molar-refractivity contribution in [3.8, 4) is 5.88 Å². The van der Waals surface area contributed by atoms with Crippen molar-refractivity contribution in [3.05, 3.63) is 22.8 Å². The van der Waals surface area contributed by atoms with E-state index in [2.05, 4.69) is 26.2 Å². The van der Waals surface area contributed by atoms with Crippen molar-refractivity contribution < 1.29 is 14.3 Å². The van der Waals surface area contributed by atoms with Gasteiger partial charge in [-0.1, -0.05) is 0 Å². The Morgan fingerprint density at radius 1 is 1.54 bits per heavy atom. The highest BCUT2D eigenvalue weighted by Gasteiger charge is 2.32. The highest BCUT2D eigenvalue weighted by atomic mass is 79.9. The lowest BCUT2D eigenvalue weighted by Crippen LogP contribution is -2.48. The number of hydrogen-bond donors (Lipinski definition) is 1. The Hall–Kier alpha value is -1.28. The molecule has 0 bridgehead atoms. The number of aromatic nitrogens is 1. The first-order chi connectivity index (χ1) is 11.5. The Kier molecular flexibility index (Phi) is 7.36. The predicted octanol–water partition coefficient (Wildman–Crippen LogP) is 2.08. The fourth-order valence-electron chi connectivity index (χ4n) is 2.59. The molecule has 1 saturated heterocycles. The van der Waals surface area contributed by atoms with Crippen LogP contribution in [-0.4, -0.2) is 58.9 Å². The number of nitrogens with zero attached hydrogens (tertiary/aromatic N) is 2. The lowest BCUT2D eigenvalue weighted by Gasteiger charge is -2.24. The normalized spacial score (nSPS) is 18.3. The maximum Gasteiger partial charge on any atom is 0.245 e. The molecule has 0 radical (unpaired) electrons. The molecule has 132 valence electrons. The topological polar surface area (TPSA) is 71.5 Å². The van der Waals surface area contributed by atoms with E-state index in [0.29, 0.717) is 25.4 Å². The minimum absolute atomic E-state index is 0.0332. The van der Waals surface area contributed by atoms with Crippen molar-refractivity contribution in [2.75, 3.05) is 25.1 Å². The largest absolute Gasteiger partial charge is 0.472 e. The summed E-state index contributed by atoms with van der Waals surface area (Å²) in [6, 6.07) is 3.21. The van der Waals surface area contributed by atoms with Gasteiger partial charge in [0, 0.05) is 36.6 Å². The third-order valence-electron chi connectivity index (χ3n) is 3.73. The number of ether oxygens (including phenoxy) is 1. The van der Waals surface area contributed by atoms with Gasteiger partial charge in [0.2, 0.25) is 17.7 Å². The molecule has 1 N–H and O–H groups in total. The van der Waals surface area contributed by atoms with Gasteiger partial charge in [0.25, 0.3) is 0 Å². The van der Waals surface area contributed by atoms with Gasteiger partial charge in [-0.3, -0.25) is 9.59 Å². The second-order valence-corrected chi connectivity index (χ2v) is 7.56. The lowest BCUT2D eigenvalue weighted by atomic mass is 10.2. The number of carbonyl (C=O) groups is 2. The smallest absolute Gasteiger partial charge is 0.245 e. The Bertz CT molecular complexity index is 570. The second-order valence-electron chi connectivity index (χ2n) is 5.66. The van der Waals surface area contributed by atoms with Crippen LogP contribution in [0.25, 0.3) is 0 Å². The Morgan fingerprint density at radius 3 is 2.96 bits per heavy atom. The van der Waals surface area contributed by atoms with E-state index < -0.39 is 6.04 Å². The average molecular weight is 416 g/mol. The summed E-state index contributed by atoms with van der Waals surface area (Å²) in [5.41, 5.74) is 0. The third-order valence-corrected chi connectivity index (χ3v) is 4.84. The first-order valence-corrected chi connectivity index (χ1v) is 10.0. The number of thioether (sulfide) groups is 1. The summed E-state index contributed by atoms with van der Waals surface area (Å²) in [6.45, 7) is 2.59. The van der Waals surface area contributed by atoms with E-state index in [0.717, 1.165) is 16.6 Å². The molecule has 0 spiro atoms. The molecular formula is C16H22BrN3O3S. The van der Waals surface area contributed by atoms with Crippen LogP contribution < -0.4 is 10.1 Å². The lowest BCUT2D eigenvalue weighted by molar-refractivity contribution is -0.135. The summed E-state index contributed by atoms with van der Waals surface area (Å²) in [5, 5.41) is 2.76. The van der Waals surface area contributed by atoms with E-state index in [9.17, 15) is 9.59 Å². The molecule has 1 aliphatic rings. The molecule has 1 fully saturated rings. The summed E-state index contributed by atoms with van der Waals surface area (Å²) in [4.78, 5) is 30.0. The van der Waals surface area contributed by atoms with E-state index in [1.165, 1.54) is 6.92 Å². The summed E-state index contributed by atoms with van der Waals surface area (Å²) in [6.07, 6.45) is 5.00. The number of likely N-dealkylation sites (tertiary alicyclic amines) is 1. The van der Waals surface area contributed by atoms with Crippen molar-refractivity contribution >= 4 is 39.5 Å². The summed E-state index contributed by atoms with van der Waals surface area (Å²) < 4.78 is 6.73. The average Bonchev–Trinajstić information content (AvgIpc) is 3.01. The molecule has 8 heteroatoms. The third kappa shape index (κ3) is 5.66. The van der Waals surface area contributed by atoms with Gasteiger partial charge < -0.3 is 15.0 Å². The zero-order chi connectivity index (χ0) is 17.5. The molecule has 2 heterocycles. The van der Waals surface area contributed by atoms with Crippen LogP contribution >= 0.6 is 27.7 Å². The molecule has 0 aliphatic carbocycles. The van der Waals surface area contributed by atoms with Crippen LogP contribution in [0, 0.1) is 0 Å². The van der Waals surface area contributed by atoms with Gasteiger partial charge in [-0.05, 0) is 40.4 Å². The second kappa shape index (κ2) is 9.27. The van der Waals surface area contributed by atoms with E-state index >= 15 is 0 Å². The maximum atomic E-state index is 12.7. The van der Waals surface area contributed by atoms with E-state index in [1.807, 2.05) is 12.3 Å². The number of hydrogen-bond acceptors (Lipinski definition) is 5. The van der Waals surface area contributed by atoms with Gasteiger partial charge in [-0.2, -0.15) is 11.8 Å². The predicted molar refractivity (Wildman–Crippen MR) is 98.2 cm³/mol. The summed E-state index contributed by atoms with van der Waals surface area (Å²) in [7, 11) is 0. The molecule has 6 nitrogen and oxygen atoms in total. The monoisotopic (exact) mass is 415 g/mol. The van der Waals surface area contributed by atoms with Crippen LogP contribution in [-0.2, 0) is 9.59 Å². The Balaban J connectivity index is 1.90. The number of halogens is 1. The first kappa shape index (κ1) is 19.1. The maximum absolute atomic E-state index is 12.7. The van der Waals surface area contributed by atoms with Gasteiger partial charge in [0.1, 0.15) is 12.1 Å². The van der Waals surface area contributed by atoms with Gasteiger partial charge in [0.15, 0.2) is 0 Å². The fourth-order valence-corrected chi connectivity index (χ4v) is 3.29. The van der Waals surface area contributed by atoms with E-state index in [-0.39, 0.29) is 17.9 Å². The number of amides is 2. The molecule has 2 unspecified atom stereocenters. The van der Waals surface area contributed by atoms with Gasteiger partial charge in [-0.25, -0.2) is 4.98 Å². The first-order valence-electron chi connectivity index (χ1n) is 7.82. The van der Waals surface area contributed by atoms with E-state index in [4.69, 9.17) is 4.74 Å². The molecule has 1 aliphatic heterocycles.